The summed E-state index contributed by atoms with van der Waals surface area (Å²) < 4.78 is 10.6. The summed E-state index contributed by atoms with van der Waals surface area (Å²) in [5.41, 5.74) is 1.11. The van der Waals surface area contributed by atoms with Crippen molar-refractivity contribution in [1.29, 1.82) is 0 Å². The smallest absolute Gasteiger partial charge is 0.251 e. The van der Waals surface area contributed by atoms with E-state index in [0.717, 1.165) is 18.6 Å². The Hall–Kier alpha value is -3.02. The Morgan fingerprint density at radius 1 is 0.962 bits per heavy atom. The minimum absolute atomic E-state index is 0.111. The van der Waals surface area contributed by atoms with Gasteiger partial charge in [-0.1, -0.05) is 13.3 Å². The van der Waals surface area contributed by atoms with Gasteiger partial charge in [0.2, 0.25) is 5.91 Å². The van der Waals surface area contributed by atoms with Crippen molar-refractivity contribution in [2.45, 2.75) is 19.8 Å². The van der Waals surface area contributed by atoms with Crippen LogP contribution in [0.4, 0.5) is 5.69 Å². The van der Waals surface area contributed by atoms with Crippen molar-refractivity contribution >= 4 is 17.5 Å². The van der Waals surface area contributed by atoms with E-state index in [1.165, 1.54) is 0 Å². The van der Waals surface area contributed by atoms with Crippen molar-refractivity contribution in [2.24, 2.45) is 0 Å². The number of unbranched alkanes of at least 4 members (excludes halogenated alkanes) is 1. The standard InChI is InChI=1S/C20H24N2O4/c1-3-4-13-26-18-9-5-15(6-10-18)20(24)21-14-19(23)22-16-7-11-17(25-2)12-8-16/h5-12H,3-4,13-14H2,1-2H3,(H,21,24)(H,22,23). The number of hydrogen-bond donors (Lipinski definition) is 2. The van der Waals surface area contributed by atoms with Crippen LogP contribution in [0.2, 0.25) is 0 Å². The summed E-state index contributed by atoms with van der Waals surface area (Å²) >= 11 is 0. The molecule has 0 bridgehead atoms. The van der Waals surface area contributed by atoms with E-state index in [1.807, 2.05) is 0 Å². The summed E-state index contributed by atoms with van der Waals surface area (Å²) in [5, 5.41) is 5.31. The van der Waals surface area contributed by atoms with E-state index in [0.29, 0.717) is 23.6 Å². The fourth-order valence-electron chi connectivity index (χ4n) is 2.18. The number of rotatable bonds is 9. The quantitative estimate of drug-likeness (QED) is 0.676. The maximum atomic E-state index is 12.1. The summed E-state index contributed by atoms with van der Waals surface area (Å²) in [6.45, 7) is 2.65. The van der Waals surface area contributed by atoms with E-state index in [9.17, 15) is 9.59 Å². The molecule has 0 aromatic heterocycles. The van der Waals surface area contributed by atoms with E-state index in [4.69, 9.17) is 9.47 Å². The number of benzene rings is 2. The van der Waals surface area contributed by atoms with Gasteiger partial charge in [-0.2, -0.15) is 0 Å². The second kappa shape index (κ2) is 10.1. The van der Waals surface area contributed by atoms with Crippen molar-refractivity contribution in [3.63, 3.8) is 0 Å². The number of ether oxygens (including phenoxy) is 2. The average Bonchev–Trinajstić information content (AvgIpc) is 2.67. The molecule has 0 saturated carbocycles. The van der Waals surface area contributed by atoms with Gasteiger partial charge >= 0.3 is 0 Å². The topological polar surface area (TPSA) is 76.7 Å². The largest absolute Gasteiger partial charge is 0.497 e. The molecule has 6 nitrogen and oxygen atoms in total. The summed E-state index contributed by atoms with van der Waals surface area (Å²) in [5.74, 6) is 0.823. The number of hydrogen-bond acceptors (Lipinski definition) is 4. The summed E-state index contributed by atoms with van der Waals surface area (Å²) in [7, 11) is 1.58. The van der Waals surface area contributed by atoms with Crippen LogP contribution >= 0.6 is 0 Å². The molecule has 2 aromatic carbocycles. The van der Waals surface area contributed by atoms with Gasteiger partial charge in [-0.15, -0.1) is 0 Å². The van der Waals surface area contributed by atoms with Crippen LogP contribution in [0.5, 0.6) is 11.5 Å². The third-order valence-corrected chi connectivity index (χ3v) is 3.67. The van der Waals surface area contributed by atoms with Crippen molar-refractivity contribution in [3.8, 4) is 11.5 Å². The molecule has 138 valence electrons. The zero-order valence-electron chi connectivity index (χ0n) is 15.1. The second-order valence-electron chi connectivity index (χ2n) is 5.69. The molecular formula is C20H24N2O4. The Balaban J connectivity index is 1.78. The van der Waals surface area contributed by atoms with Crippen LogP contribution in [0, 0.1) is 0 Å². The SMILES string of the molecule is CCCCOc1ccc(C(=O)NCC(=O)Nc2ccc(OC)cc2)cc1. The first-order valence-electron chi connectivity index (χ1n) is 8.57. The van der Waals surface area contributed by atoms with E-state index in [1.54, 1.807) is 55.6 Å². The van der Waals surface area contributed by atoms with E-state index in [-0.39, 0.29) is 18.4 Å². The maximum absolute atomic E-state index is 12.1. The number of nitrogens with one attached hydrogen (secondary N) is 2. The van der Waals surface area contributed by atoms with E-state index >= 15 is 0 Å². The Labute approximate surface area is 153 Å². The molecule has 0 unspecified atom stereocenters. The fraction of sp³-hybridized carbons (Fsp3) is 0.300. The Bertz CT molecular complexity index is 712. The molecule has 2 amide bonds. The number of carbonyl (C=O) groups is 2. The molecule has 0 heterocycles. The molecule has 2 rings (SSSR count). The molecule has 2 N–H and O–H groups in total. The Morgan fingerprint density at radius 3 is 2.23 bits per heavy atom. The molecule has 2 aromatic rings. The lowest BCUT2D eigenvalue weighted by atomic mass is 10.2. The van der Waals surface area contributed by atoms with Gasteiger partial charge in [0.05, 0.1) is 20.3 Å². The summed E-state index contributed by atoms with van der Waals surface area (Å²) in [6.07, 6.45) is 2.06. The van der Waals surface area contributed by atoms with Crippen LogP contribution in [0.15, 0.2) is 48.5 Å². The fourth-order valence-corrected chi connectivity index (χ4v) is 2.18. The highest BCUT2D eigenvalue weighted by atomic mass is 16.5. The summed E-state index contributed by atoms with van der Waals surface area (Å²) in [6, 6.07) is 13.8. The van der Waals surface area contributed by atoms with Gasteiger partial charge in [0, 0.05) is 11.3 Å². The number of amides is 2. The van der Waals surface area contributed by atoms with Crippen molar-refractivity contribution in [1.82, 2.24) is 5.32 Å². The van der Waals surface area contributed by atoms with Crippen LogP contribution in [-0.2, 0) is 4.79 Å². The van der Waals surface area contributed by atoms with Gasteiger partial charge in [-0.3, -0.25) is 9.59 Å². The van der Waals surface area contributed by atoms with Crippen LogP contribution in [0.1, 0.15) is 30.1 Å². The van der Waals surface area contributed by atoms with Crippen molar-refractivity contribution < 1.29 is 19.1 Å². The number of carbonyl (C=O) groups excluding carboxylic acids is 2. The monoisotopic (exact) mass is 356 g/mol. The molecule has 0 aliphatic heterocycles. The molecule has 0 aliphatic rings. The highest BCUT2D eigenvalue weighted by molar-refractivity contribution is 5.99. The van der Waals surface area contributed by atoms with Crippen molar-refractivity contribution in [3.05, 3.63) is 54.1 Å². The molecule has 0 radical (unpaired) electrons. The zero-order chi connectivity index (χ0) is 18.8. The molecule has 0 spiro atoms. The minimum Gasteiger partial charge on any atom is -0.497 e. The minimum atomic E-state index is -0.310. The first-order chi connectivity index (χ1) is 12.6. The van der Waals surface area contributed by atoms with Crippen LogP contribution in [0.25, 0.3) is 0 Å². The lowest BCUT2D eigenvalue weighted by Gasteiger charge is -2.09. The van der Waals surface area contributed by atoms with E-state index < -0.39 is 0 Å². The van der Waals surface area contributed by atoms with Gasteiger partial charge in [0.15, 0.2) is 0 Å². The molecule has 6 heteroatoms. The lowest BCUT2D eigenvalue weighted by molar-refractivity contribution is -0.115. The van der Waals surface area contributed by atoms with Crippen LogP contribution in [-0.4, -0.2) is 32.1 Å². The number of anilines is 1. The predicted molar refractivity (Wildman–Crippen MR) is 101 cm³/mol. The van der Waals surface area contributed by atoms with Gasteiger partial charge in [0.1, 0.15) is 11.5 Å². The first kappa shape index (κ1) is 19.3. The van der Waals surface area contributed by atoms with Crippen LogP contribution in [0.3, 0.4) is 0 Å². The molecular weight excluding hydrogens is 332 g/mol. The average molecular weight is 356 g/mol. The second-order valence-corrected chi connectivity index (χ2v) is 5.69. The number of methoxy groups -OCH3 is 1. The first-order valence-corrected chi connectivity index (χ1v) is 8.57. The predicted octanol–water partition coefficient (Wildman–Crippen LogP) is 3.24. The van der Waals surface area contributed by atoms with E-state index in [2.05, 4.69) is 17.6 Å². The Kier molecular flexibility index (Phi) is 7.49. The maximum Gasteiger partial charge on any atom is 0.251 e. The van der Waals surface area contributed by atoms with Gasteiger partial charge in [-0.05, 0) is 55.0 Å². The normalized spacial score (nSPS) is 10.1. The summed E-state index contributed by atoms with van der Waals surface area (Å²) in [4.78, 5) is 24.0. The third-order valence-electron chi connectivity index (χ3n) is 3.67. The molecule has 26 heavy (non-hydrogen) atoms. The molecule has 0 saturated heterocycles. The highest BCUT2D eigenvalue weighted by Gasteiger charge is 2.08. The van der Waals surface area contributed by atoms with Gasteiger partial charge < -0.3 is 20.1 Å². The molecule has 0 fully saturated rings. The molecule has 0 aliphatic carbocycles. The highest BCUT2D eigenvalue weighted by Crippen LogP contribution is 2.15. The van der Waals surface area contributed by atoms with Crippen molar-refractivity contribution in [2.75, 3.05) is 25.6 Å². The Morgan fingerprint density at radius 2 is 1.62 bits per heavy atom. The third kappa shape index (κ3) is 6.12. The van der Waals surface area contributed by atoms with Gasteiger partial charge in [0.25, 0.3) is 5.91 Å². The lowest BCUT2D eigenvalue weighted by Crippen LogP contribution is -2.32. The van der Waals surface area contributed by atoms with Gasteiger partial charge in [-0.25, -0.2) is 0 Å². The van der Waals surface area contributed by atoms with Crippen LogP contribution < -0.4 is 20.1 Å². The zero-order valence-corrected chi connectivity index (χ0v) is 15.1. The molecule has 0 atom stereocenters.